The topological polar surface area (TPSA) is 60.5 Å². The number of fused-ring (bicyclic) bond motifs is 1. The van der Waals surface area contributed by atoms with Gasteiger partial charge in [-0.15, -0.1) is 0 Å². The van der Waals surface area contributed by atoms with Crippen molar-refractivity contribution >= 4 is 5.91 Å². The van der Waals surface area contributed by atoms with Crippen LogP contribution in [0.25, 0.3) is 0 Å². The van der Waals surface area contributed by atoms with Gasteiger partial charge < -0.3 is 14.8 Å². The van der Waals surface area contributed by atoms with Crippen LogP contribution in [0.4, 0.5) is 13.2 Å². The molecule has 1 unspecified atom stereocenters. The molecule has 1 aliphatic rings. The molecule has 5 nitrogen and oxygen atoms in total. The second-order valence-electron chi connectivity index (χ2n) is 5.10. The molecule has 3 rings (SSSR count). The van der Waals surface area contributed by atoms with Crippen molar-refractivity contribution in [2.24, 2.45) is 0 Å². The predicted molar refractivity (Wildman–Crippen MR) is 77.9 cm³/mol. The normalized spacial score (nSPS) is 16.5. The Hall–Kier alpha value is -2.77. The summed E-state index contributed by atoms with van der Waals surface area (Å²) in [7, 11) is 0. The standard InChI is InChI=1S/C16H13F3N2O3/c17-16(18,19)11-4-3-7-20-14(11)15(22)21-8-10-9-23-12-5-1-2-6-13(12)24-10/h1-7,10H,8-9H2,(H,21,22). The van der Waals surface area contributed by atoms with Crippen LogP contribution in [0.3, 0.4) is 0 Å². The van der Waals surface area contributed by atoms with Gasteiger partial charge in [0.1, 0.15) is 18.4 Å². The number of carbonyl (C=O) groups is 1. The van der Waals surface area contributed by atoms with E-state index in [-0.39, 0.29) is 13.2 Å². The summed E-state index contributed by atoms with van der Waals surface area (Å²) in [5, 5.41) is 2.41. The van der Waals surface area contributed by atoms with Gasteiger partial charge in [0.2, 0.25) is 0 Å². The van der Waals surface area contributed by atoms with E-state index in [1.165, 1.54) is 0 Å². The summed E-state index contributed by atoms with van der Waals surface area (Å²) in [4.78, 5) is 15.6. The van der Waals surface area contributed by atoms with Gasteiger partial charge in [-0.05, 0) is 24.3 Å². The van der Waals surface area contributed by atoms with Crippen LogP contribution in [0, 0.1) is 0 Å². The molecule has 24 heavy (non-hydrogen) atoms. The number of hydrogen-bond acceptors (Lipinski definition) is 4. The van der Waals surface area contributed by atoms with Crippen LogP contribution < -0.4 is 14.8 Å². The Morgan fingerprint density at radius 3 is 2.71 bits per heavy atom. The second kappa shape index (κ2) is 6.38. The minimum Gasteiger partial charge on any atom is -0.486 e. The molecule has 0 saturated carbocycles. The van der Waals surface area contributed by atoms with Gasteiger partial charge in [-0.3, -0.25) is 9.78 Å². The Morgan fingerprint density at radius 2 is 1.96 bits per heavy atom. The van der Waals surface area contributed by atoms with Crippen LogP contribution in [0.2, 0.25) is 0 Å². The maximum atomic E-state index is 12.9. The van der Waals surface area contributed by atoms with E-state index in [1.54, 1.807) is 24.3 Å². The van der Waals surface area contributed by atoms with E-state index in [0.29, 0.717) is 11.5 Å². The van der Waals surface area contributed by atoms with Crippen molar-refractivity contribution in [2.45, 2.75) is 12.3 Å². The fraction of sp³-hybridized carbons (Fsp3) is 0.250. The third kappa shape index (κ3) is 3.42. The van der Waals surface area contributed by atoms with E-state index < -0.39 is 29.4 Å². The molecule has 1 aliphatic heterocycles. The number of carbonyl (C=O) groups excluding carboxylic acids is 1. The quantitative estimate of drug-likeness (QED) is 0.935. The molecule has 0 spiro atoms. The summed E-state index contributed by atoms with van der Waals surface area (Å²) < 4.78 is 49.8. The second-order valence-corrected chi connectivity index (χ2v) is 5.10. The monoisotopic (exact) mass is 338 g/mol. The molecule has 126 valence electrons. The van der Waals surface area contributed by atoms with Gasteiger partial charge in [-0.2, -0.15) is 13.2 Å². The number of nitrogens with zero attached hydrogens (tertiary/aromatic N) is 1. The molecule has 1 N–H and O–H groups in total. The number of ether oxygens (including phenoxy) is 2. The molecule has 1 amide bonds. The summed E-state index contributed by atoms with van der Waals surface area (Å²) in [5.74, 6) is 0.200. The van der Waals surface area contributed by atoms with Crippen LogP contribution >= 0.6 is 0 Å². The number of benzene rings is 1. The largest absolute Gasteiger partial charge is 0.486 e. The Bertz CT molecular complexity index is 749. The van der Waals surface area contributed by atoms with Gasteiger partial charge in [0, 0.05) is 6.20 Å². The molecule has 2 aromatic rings. The van der Waals surface area contributed by atoms with Crippen molar-refractivity contribution in [2.75, 3.05) is 13.2 Å². The lowest BCUT2D eigenvalue weighted by molar-refractivity contribution is -0.138. The van der Waals surface area contributed by atoms with Crippen LogP contribution in [0.5, 0.6) is 11.5 Å². The van der Waals surface area contributed by atoms with Crippen molar-refractivity contribution in [3.8, 4) is 11.5 Å². The smallest absolute Gasteiger partial charge is 0.418 e. The van der Waals surface area contributed by atoms with Gasteiger partial charge >= 0.3 is 6.18 Å². The van der Waals surface area contributed by atoms with Gasteiger partial charge in [-0.25, -0.2) is 0 Å². The molecule has 1 aromatic carbocycles. The zero-order valence-corrected chi connectivity index (χ0v) is 12.3. The molecule has 0 bridgehead atoms. The predicted octanol–water partition coefficient (Wildman–Crippen LogP) is 2.67. The molecule has 0 fully saturated rings. The van der Waals surface area contributed by atoms with Gasteiger partial charge in [0.15, 0.2) is 11.5 Å². The van der Waals surface area contributed by atoms with E-state index >= 15 is 0 Å². The highest BCUT2D eigenvalue weighted by molar-refractivity contribution is 5.93. The number of amides is 1. The molecule has 2 heterocycles. The third-order valence-corrected chi connectivity index (χ3v) is 3.39. The fourth-order valence-corrected chi connectivity index (χ4v) is 2.27. The lowest BCUT2D eigenvalue weighted by Gasteiger charge is -2.26. The van der Waals surface area contributed by atoms with Crippen molar-refractivity contribution in [1.29, 1.82) is 0 Å². The SMILES string of the molecule is O=C(NCC1COc2ccccc2O1)c1ncccc1C(F)(F)F. The van der Waals surface area contributed by atoms with E-state index in [2.05, 4.69) is 10.3 Å². The van der Waals surface area contributed by atoms with Crippen LogP contribution in [0.15, 0.2) is 42.6 Å². The highest BCUT2D eigenvalue weighted by Crippen LogP contribution is 2.32. The molecular formula is C16H13F3N2O3. The number of aromatic nitrogens is 1. The van der Waals surface area contributed by atoms with Crippen LogP contribution in [-0.4, -0.2) is 30.1 Å². The average Bonchev–Trinajstić information content (AvgIpc) is 2.58. The highest BCUT2D eigenvalue weighted by Gasteiger charge is 2.36. The Labute approximate surface area is 135 Å². The summed E-state index contributed by atoms with van der Waals surface area (Å²) in [6.45, 7) is 0.187. The average molecular weight is 338 g/mol. The van der Waals surface area contributed by atoms with E-state index in [9.17, 15) is 18.0 Å². The minimum atomic E-state index is -4.65. The zero-order chi connectivity index (χ0) is 17.2. The minimum absolute atomic E-state index is 0.00103. The first kappa shape index (κ1) is 16.1. The number of pyridine rings is 1. The maximum Gasteiger partial charge on any atom is 0.418 e. The summed E-state index contributed by atoms with van der Waals surface area (Å²) >= 11 is 0. The first-order valence-electron chi connectivity index (χ1n) is 7.14. The molecule has 8 heteroatoms. The van der Waals surface area contributed by atoms with Crippen molar-refractivity contribution in [1.82, 2.24) is 10.3 Å². The number of rotatable bonds is 3. The lowest BCUT2D eigenvalue weighted by Crippen LogP contribution is -2.41. The summed E-state index contributed by atoms with van der Waals surface area (Å²) in [6, 6.07) is 8.97. The van der Waals surface area contributed by atoms with Gasteiger partial charge in [0.05, 0.1) is 12.1 Å². The van der Waals surface area contributed by atoms with E-state index in [0.717, 1.165) is 18.3 Å². The van der Waals surface area contributed by atoms with E-state index in [1.807, 2.05) is 0 Å². The van der Waals surface area contributed by atoms with Crippen LogP contribution in [0.1, 0.15) is 16.1 Å². The molecule has 1 atom stereocenters. The third-order valence-electron chi connectivity index (χ3n) is 3.39. The number of nitrogens with one attached hydrogen (secondary N) is 1. The molecule has 0 radical (unpaired) electrons. The molecule has 0 saturated heterocycles. The highest BCUT2D eigenvalue weighted by atomic mass is 19.4. The number of alkyl halides is 3. The van der Waals surface area contributed by atoms with E-state index in [4.69, 9.17) is 9.47 Å². The van der Waals surface area contributed by atoms with Crippen molar-refractivity contribution in [3.63, 3.8) is 0 Å². The Morgan fingerprint density at radius 1 is 1.21 bits per heavy atom. The zero-order valence-electron chi connectivity index (χ0n) is 12.3. The maximum absolute atomic E-state index is 12.9. The Balaban J connectivity index is 1.65. The van der Waals surface area contributed by atoms with Gasteiger partial charge in [0.25, 0.3) is 5.91 Å². The summed E-state index contributed by atoms with van der Waals surface area (Å²) in [5.41, 5.74) is -1.74. The van der Waals surface area contributed by atoms with Crippen molar-refractivity contribution < 1.29 is 27.4 Å². The summed E-state index contributed by atoms with van der Waals surface area (Å²) in [6.07, 6.45) is -4.01. The molecule has 0 aliphatic carbocycles. The first-order chi connectivity index (χ1) is 11.4. The van der Waals surface area contributed by atoms with Crippen molar-refractivity contribution in [3.05, 3.63) is 53.9 Å². The molecular weight excluding hydrogens is 325 g/mol. The number of para-hydroxylation sites is 2. The number of halogens is 3. The first-order valence-corrected chi connectivity index (χ1v) is 7.14. The fourth-order valence-electron chi connectivity index (χ4n) is 2.27. The number of hydrogen-bond donors (Lipinski definition) is 1. The van der Waals surface area contributed by atoms with Crippen LogP contribution in [-0.2, 0) is 6.18 Å². The molecule has 1 aromatic heterocycles. The lowest BCUT2D eigenvalue weighted by atomic mass is 10.1. The van der Waals surface area contributed by atoms with Gasteiger partial charge in [-0.1, -0.05) is 12.1 Å². The Kier molecular flexibility index (Phi) is 4.28.